The van der Waals surface area contributed by atoms with Crippen LogP contribution in [0.3, 0.4) is 0 Å². The minimum absolute atomic E-state index is 0.209. The number of carbonyl (C=O) groups excluding carboxylic acids is 2. The lowest BCUT2D eigenvalue weighted by Gasteiger charge is -2.15. The number of para-hydroxylation sites is 1. The molecule has 1 aromatic heterocycles. The molecule has 0 radical (unpaired) electrons. The lowest BCUT2D eigenvalue weighted by atomic mass is 10.0. The standard InChI is InChI=1S/C19H22N2O4/c1-24-16-7-3-2-5-14(16)8-11-20-17(22)19(9-10-19)18(23)21-13-15-6-4-12-25-15/h2-7,12H,8-11,13H2,1H3,(H,20,22)(H,21,23). The highest BCUT2D eigenvalue weighted by Gasteiger charge is 2.56. The van der Waals surface area contributed by atoms with Gasteiger partial charge in [-0.05, 0) is 43.0 Å². The van der Waals surface area contributed by atoms with Gasteiger partial charge in [-0.2, -0.15) is 0 Å². The molecule has 0 aliphatic heterocycles. The summed E-state index contributed by atoms with van der Waals surface area (Å²) in [4.78, 5) is 24.8. The number of hydrogen-bond donors (Lipinski definition) is 2. The molecule has 3 rings (SSSR count). The van der Waals surface area contributed by atoms with E-state index in [1.165, 1.54) is 0 Å². The van der Waals surface area contributed by atoms with Crippen molar-refractivity contribution in [3.8, 4) is 5.75 Å². The Morgan fingerprint density at radius 1 is 1.12 bits per heavy atom. The molecule has 1 heterocycles. The van der Waals surface area contributed by atoms with E-state index in [4.69, 9.17) is 9.15 Å². The Kier molecular flexibility index (Phi) is 5.07. The average molecular weight is 342 g/mol. The van der Waals surface area contributed by atoms with Crippen molar-refractivity contribution in [2.24, 2.45) is 5.41 Å². The molecule has 25 heavy (non-hydrogen) atoms. The lowest BCUT2D eigenvalue weighted by molar-refractivity contribution is -0.137. The third kappa shape index (κ3) is 3.84. The highest BCUT2D eigenvalue weighted by atomic mass is 16.5. The van der Waals surface area contributed by atoms with E-state index >= 15 is 0 Å². The molecule has 2 N–H and O–H groups in total. The third-order valence-electron chi connectivity index (χ3n) is 4.49. The van der Waals surface area contributed by atoms with Crippen molar-refractivity contribution in [1.82, 2.24) is 10.6 Å². The smallest absolute Gasteiger partial charge is 0.236 e. The molecule has 2 amide bonds. The number of rotatable bonds is 8. The Hall–Kier alpha value is -2.76. The van der Waals surface area contributed by atoms with Crippen molar-refractivity contribution in [2.45, 2.75) is 25.8 Å². The molecule has 0 atom stereocenters. The van der Waals surface area contributed by atoms with Gasteiger partial charge in [-0.25, -0.2) is 0 Å². The van der Waals surface area contributed by atoms with Gasteiger partial charge in [-0.15, -0.1) is 0 Å². The number of benzene rings is 1. The number of nitrogens with one attached hydrogen (secondary N) is 2. The molecule has 1 aromatic carbocycles. The topological polar surface area (TPSA) is 80.6 Å². The summed E-state index contributed by atoms with van der Waals surface area (Å²) in [5.74, 6) is 1.02. The SMILES string of the molecule is COc1ccccc1CCNC(=O)C1(C(=O)NCc2ccco2)CC1. The second-order valence-corrected chi connectivity index (χ2v) is 6.16. The van der Waals surface area contributed by atoms with Gasteiger partial charge in [-0.3, -0.25) is 9.59 Å². The summed E-state index contributed by atoms with van der Waals surface area (Å²) in [6.07, 6.45) is 3.37. The molecule has 1 fully saturated rings. The minimum Gasteiger partial charge on any atom is -0.496 e. The van der Waals surface area contributed by atoms with Crippen LogP contribution in [-0.2, 0) is 22.6 Å². The molecule has 0 saturated heterocycles. The van der Waals surface area contributed by atoms with Gasteiger partial charge in [0.25, 0.3) is 0 Å². The predicted molar refractivity (Wildman–Crippen MR) is 91.9 cm³/mol. The summed E-state index contributed by atoms with van der Waals surface area (Å²) < 4.78 is 10.5. The summed E-state index contributed by atoms with van der Waals surface area (Å²) in [6.45, 7) is 0.758. The fraction of sp³-hybridized carbons (Fsp3) is 0.368. The van der Waals surface area contributed by atoms with Crippen LogP contribution in [0.1, 0.15) is 24.2 Å². The van der Waals surface area contributed by atoms with Crippen LogP contribution < -0.4 is 15.4 Å². The van der Waals surface area contributed by atoms with Crippen molar-refractivity contribution in [1.29, 1.82) is 0 Å². The maximum Gasteiger partial charge on any atom is 0.236 e. The average Bonchev–Trinajstić information content (AvgIpc) is 3.29. The maximum atomic E-state index is 12.4. The number of hydrogen-bond acceptors (Lipinski definition) is 4. The number of furan rings is 1. The van der Waals surface area contributed by atoms with Crippen LogP contribution in [0.15, 0.2) is 47.1 Å². The first-order chi connectivity index (χ1) is 12.2. The summed E-state index contributed by atoms with van der Waals surface area (Å²) in [5.41, 5.74) is 0.102. The third-order valence-corrected chi connectivity index (χ3v) is 4.49. The number of methoxy groups -OCH3 is 1. The molecule has 0 unspecified atom stereocenters. The van der Waals surface area contributed by atoms with Crippen molar-refractivity contribution >= 4 is 11.8 Å². The molecule has 2 aromatic rings. The number of ether oxygens (including phenoxy) is 1. The lowest BCUT2D eigenvalue weighted by Crippen LogP contribution is -2.43. The van der Waals surface area contributed by atoms with E-state index in [0.717, 1.165) is 11.3 Å². The van der Waals surface area contributed by atoms with Gasteiger partial charge in [-0.1, -0.05) is 18.2 Å². The second-order valence-electron chi connectivity index (χ2n) is 6.16. The van der Waals surface area contributed by atoms with E-state index in [2.05, 4.69) is 10.6 Å². The van der Waals surface area contributed by atoms with Crippen LogP contribution >= 0.6 is 0 Å². The Labute approximate surface area is 146 Å². The minimum atomic E-state index is -0.923. The van der Waals surface area contributed by atoms with Crippen molar-refractivity contribution < 1.29 is 18.7 Å². The van der Waals surface area contributed by atoms with Crippen LogP contribution in [0.5, 0.6) is 5.75 Å². The van der Waals surface area contributed by atoms with Gasteiger partial charge in [0, 0.05) is 6.54 Å². The largest absolute Gasteiger partial charge is 0.496 e. The predicted octanol–water partition coefficient (Wildman–Crippen LogP) is 2.04. The van der Waals surface area contributed by atoms with Crippen LogP contribution in [0.25, 0.3) is 0 Å². The summed E-state index contributed by atoms with van der Waals surface area (Å²) >= 11 is 0. The summed E-state index contributed by atoms with van der Waals surface area (Å²) in [6, 6.07) is 11.2. The monoisotopic (exact) mass is 342 g/mol. The Bertz CT molecular complexity index is 736. The summed E-state index contributed by atoms with van der Waals surface area (Å²) in [5, 5.41) is 5.66. The van der Waals surface area contributed by atoms with Crippen LogP contribution in [0.4, 0.5) is 0 Å². The van der Waals surface area contributed by atoms with E-state index < -0.39 is 5.41 Å². The Balaban J connectivity index is 1.49. The molecule has 1 aliphatic carbocycles. The molecule has 6 nitrogen and oxygen atoms in total. The fourth-order valence-electron chi connectivity index (χ4n) is 2.82. The van der Waals surface area contributed by atoms with Gasteiger partial charge < -0.3 is 19.8 Å². The number of amides is 2. The van der Waals surface area contributed by atoms with E-state index in [1.807, 2.05) is 24.3 Å². The van der Waals surface area contributed by atoms with Gasteiger partial charge in [0.1, 0.15) is 16.9 Å². The van der Waals surface area contributed by atoms with E-state index in [1.54, 1.807) is 25.5 Å². The molecular formula is C19H22N2O4. The number of carbonyl (C=O) groups is 2. The fourth-order valence-corrected chi connectivity index (χ4v) is 2.82. The van der Waals surface area contributed by atoms with E-state index in [0.29, 0.717) is 38.1 Å². The maximum absolute atomic E-state index is 12.4. The molecular weight excluding hydrogens is 320 g/mol. The molecule has 1 aliphatic rings. The molecule has 132 valence electrons. The van der Waals surface area contributed by atoms with Crippen LogP contribution in [0.2, 0.25) is 0 Å². The zero-order chi connectivity index (χ0) is 17.7. The van der Waals surface area contributed by atoms with Crippen molar-refractivity contribution in [3.63, 3.8) is 0 Å². The van der Waals surface area contributed by atoms with Crippen LogP contribution in [-0.4, -0.2) is 25.5 Å². The van der Waals surface area contributed by atoms with E-state index in [9.17, 15) is 9.59 Å². The van der Waals surface area contributed by atoms with Gasteiger partial charge in [0.05, 0.1) is 19.9 Å². The molecule has 0 spiro atoms. The van der Waals surface area contributed by atoms with Gasteiger partial charge >= 0.3 is 0 Å². The quantitative estimate of drug-likeness (QED) is 0.720. The van der Waals surface area contributed by atoms with Gasteiger partial charge in [0.2, 0.25) is 11.8 Å². The van der Waals surface area contributed by atoms with E-state index in [-0.39, 0.29) is 11.8 Å². The molecule has 6 heteroatoms. The van der Waals surface area contributed by atoms with Gasteiger partial charge in [0.15, 0.2) is 0 Å². The highest BCUT2D eigenvalue weighted by molar-refractivity contribution is 6.07. The summed E-state index contributed by atoms with van der Waals surface area (Å²) in [7, 11) is 1.62. The second kappa shape index (κ2) is 7.42. The zero-order valence-corrected chi connectivity index (χ0v) is 14.2. The first-order valence-electron chi connectivity index (χ1n) is 8.36. The molecule has 1 saturated carbocycles. The Morgan fingerprint density at radius 2 is 1.88 bits per heavy atom. The Morgan fingerprint density at radius 3 is 2.56 bits per heavy atom. The first kappa shape index (κ1) is 17.1. The zero-order valence-electron chi connectivity index (χ0n) is 14.2. The molecule has 0 bridgehead atoms. The first-order valence-corrected chi connectivity index (χ1v) is 8.36. The van der Waals surface area contributed by atoms with Crippen molar-refractivity contribution in [3.05, 3.63) is 54.0 Å². The van der Waals surface area contributed by atoms with Crippen LogP contribution in [0, 0.1) is 5.41 Å². The normalized spacial score (nSPS) is 14.6. The van der Waals surface area contributed by atoms with Crippen molar-refractivity contribution in [2.75, 3.05) is 13.7 Å². The highest BCUT2D eigenvalue weighted by Crippen LogP contribution is 2.46.